The van der Waals surface area contributed by atoms with E-state index in [0.29, 0.717) is 45.2 Å². The minimum absolute atomic E-state index is 0.287. The Bertz CT molecular complexity index is 702. The summed E-state index contributed by atoms with van der Waals surface area (Å²) in [5.74, 6) is -2.70. The van der Waals surface area contributed by atoms with Gasteiger partial charge in [-0.15, -0.1) is 4.52 Å². The van der Waals surface area contributed by atoms with Gasteiger partial charge in [0.15, 0.2) is 6.10 Å². The van der Waals surface area contributed by atoms with Crippen molar-refractivity contribution in [3.05, 3.63) is 35.9 Å². The molecule has 1 aliphatic rings. The quantitative estimate of drug-likeness (QED) is 0.318. The number of hydrogen-bond acceptors (Lipinski definition) is 6. The van der Waals surface area contributed by atoms with Crippen LogP contribution in [0, 0.1) is 0 Å². The molecule has 0 saturated carbocycles. The van der Waals surface area contributed by atoms with Crippen molar-refractivity contribution >= 4 is 19.9 Å². The van der Waals surface area contributed by atoms with Crippen molar-refractivity contribution in [1.29, 1.82) is 0 Å². The number of aliphatic hydroxyl groups excluding tert-OH is 1. The van der Waals surface area contributed by atoms with Gasteiger partial charge in [-0.2, -0.15) is 0 Å². The van der Waals surface area contributed by atoms with Crippen LogP contribution in [0.15, 0.2) is 30.3 Å². The lowest BCUT2D eigenvalue weighted by Crippen LogP contribution is -2.46. The topological polar surface area (TPSA) is 130 Å². The summed E-state index contributed by atoms with van der Waals surface area (Å²) in [6.07, 6.45) is 3.17. The number of amides is 1. The Morgan fingerprint density at radius 2 is 1.93 bits per heavy atom. The van der Waals surface area contributed by atoms with Crippen LogP contribution in [0.25, 0.3) is 0 Å². The summed E-state index contributed by atoms with van der Waals surface area (Å²) in [5.41, 5.74) is 6.64. The number of carboxylic acid groups (broad SMARTS) is 1. The van der Waals surface area contributed by atoms with Gasteiger partial charge in [-0.1, -0.05) is 30.3 Å². The summed E-state index contributed by atoms with van der Waals surface area (Å²) in [6.45, 7) is 0.791. The molecule has 0 spiro atoms. The monoisotopic (exact) mass is 439 g/mol. The van der Waals surface area contributed by atoms with Crippen molar-refractivity contribution in [2.45, 2.75) is 69.4 Å². The summed E-state index contributed by atoms with van der Waals surface area (Å²) < 4.78 is 18.0. The van der Waals surface area contributed by atoms with Crippen LogP contribution >= 0.6 is 8.03 Å². The fraction of sp³-hybridized carbons (Fsp3) is 0.619. The smallest absolute Gasteiger partial charge is 0.480 e. The maximum Gasteiger partial charge on any atom is 0.541 e. The maximum absolute atomic E-state index is 12.9. The molecule has 1 aromatic carbocycles. The van der Waals surface area contributed by atoms with Crippen LogP contribution in [0.1, 0.15) is 50.5 Å². The summed E-state index contributed by atoms with van der Waals surface area (Å²) >= 11 is 0. The minimum atomic E-state index is -2.48. The molecule has 1 aromatic rings. The highest BCUT2D eigenvalue weighted by atomic mass is 31.1. The van der Waals surface area contributed by atoms with Gasteiger partial charge >= 0.3 is 14.0 Å². The van der Waals surface area contributed by atoms with E-state index in [-0.39, 0.29) is 12.8 Å². The number of carbonyl (C=O) groups is 2. The molecule has 0 radical (unpaired) electrons. The molecule has 2 rings (SSSR count). The predicted molar refractivity (Wildman–Crippen MR) is 113 cm³/mol. The van der Waals surface area contributed by atoms with E-state index in [0.717, 1.165) is 12.0 Å². The Morgan fingerprint density at radius 3 is 2.60 bits per heavy atom. The van der Waals surface area contributed by atoms with E-state index in [1.807, 2.05) is 30.3 Å². The van der Waals surface area contributed by atoms with Crippen LogP contribution in [0.4, 0.5) is 0 Å². The number of hydrogen-bond donors (Lipinski definition) is 3. The molecule has 0 bridgehead atoms. The summed E-state index contributed by atoms with van der Waals surface area (Å²) in [7, 11) is -2.48. The maximum atomic E-state index is 12.9. The molecule has 166 valence electrons. The van der Waals surface area contributed by atoms with Gasteiger partial charge in [0.2, 0.25) is 0 Å². The molecule has 1 amide bonds. The van der Waals surface area contributed by atoms with Gasteiger partial charge in [0.05, 0.1) is 0 Å². The average molecular weight is 439 g/mol. The molecule has 1 saturated heterocycles. The van der Waals surface area contributed by atoms with Gasteiger partial charge in [0, 0.05) is 13.0 Å². The highest BCUT2D eigenvalue weighted by Gasteiger charge is 2.42. The molecule has 8 nitrogen and oxygen atoms in total. The number of nitrogens with two attached hydrogens (primary N) is 1. The normalized spacial score (nSPS) is 18.8. The van der Waals surface area contributed by atoms with Gasteiger partial charge in [-0.25, -0.2) is 4.79 Å². The van der Waals surface area contributed by atoms with Crippen molar-refractivity contribution in [3.63, 3.8) is 0 Å². The molecule has 1 aliphatic heterocycles. The van der Waals surface area contributed by atoms with Crippen molar-refractivity contribution in [1.82, 2.24) is 4.90 Å². The number of benzene rings is 1. The van der Waals surface area contributed by atoms with Crippen LogP contribution in [0.3, 0.4) is 0 Å². The predicted octanol–water partition coefficient (Wildman–Crippen LogP) is 2.66. The lowest BCUT2D eigenvalue weighted by Gasteiger charge is -2.24. The third kappa shape index (κ3) is 7.43. The first kappa shape index (κ1) is 24.4. The van der Waals surface area contributed by atoms with Gasteiger partial charge in [-0.05, 0) is 61.6 Å². The van der Waals surface area contributed by atoms with E-state index in [2.05, 4.69) is 0 Å². The zero-order chi connectivity index (χ0) is 21.9. The second-order valence-electron chi connectivity index (χ2n) is 7.55. The zero-order valence-electron chi connectivity index (χ0n) is 17.2. The Balaban J connectivity index is 1.92. The Hall–Kier alpha value is -1.86. The Morgan fingerprint density at radius 1 is 1.20 bits per heavy atom. The third-order valence-electron chi connectivity index (χ3n) is 5.26. The average Bonchev–Trinajstić information content (AvgIpc) is 3.23. The van der Waals surface area contributed by atoms with Crippen LogP contribution in [0.5, 0.6) is 0 Å². The molecule has 9 heteroatoms. The molecule has 30 heavy (non-hydrogen) atoms. The standard InChI is InChI=1S/C21H31N2O6P/c22-14-5-4-12-18(20(25)23-15-7-11-17(23)21(26)27)29-30(28)19(24)13-6-10-16-8-2-1-3-9-16/h1-3,8-9,17-19,24H,4-7,10-15,22H2/p+1/t17-,18?,19-/m0/s1. The minimum Gasteiger partial charge on any atom is -0.480 e. The van der Waals surface area contributed by atoms with Crippen molar-refractivity contribution in [2.75, 3.05) is 13.1 Å². The first-order valence-corrected chi connectivity index (χ1v) is 11.8. The number of carbonyl (C=O) groups excluding carboxylic acids is 1. The molecule has 0 aromatic heterocycles. The third-order valence-corrected chi connectivity index (χ3v) is 6.47. The number of aliphatic hydroxyl groups is 1. The van der Waals surface area contributed by atoms with Gasteiger partial charge < -0.3 is 20.8 Å². The molecule has 2 unspecified atom stereocenters. The second-order valence-corrected chi connectivity index (χ2v) is 8.93. The van der Waals surface area contributed by atoms with E-state index in [1.165, 1.54) is 4.90 Å². The van der Waals surface area contributed by atoms with E-state index in [1.54, 1.807) is 0 Å². The summed E-state index contributed by atoms with van der Waals surface area (Å²) in [4.78, 5) is 25.6. The van der Waals surface area contributed by atoms with Crippen molar-refractivity contribution in [2.24, 2.45) is 5.73 Å². The first-order chi connectivity index (χ1) is 14.4. The highest BCUT2D eigenvalue weighted by molar-refractivity contribution is 7.39. The number of aliphatic carboxylic acids is 1. The lowest BCUT2D eigenvalue weighted by molar-refractivity contribution is -0.151. The number of rotatable bonds is 13. The highest BCUT2D eigenvalue weighted by Crippen LogP contribution is 2.35. The zero-order valence-corrected chi connectivity index (χ0v) is 18.1. The number of carboxylic acids is 1. The van der Waals surface area contributed by atoms with E-state index in [9.17, 15) is 24.4 Å². The number of unbranched alkanes of at least 4 members (excludes halogenated alkanes) is 1. The second kappa shape index (κ2) is 12.7. The SMILES string of the molecule is NCCCCC(O[P+](=O)[C@H](O)CCCc1ccccc1)C(=O)N1CCC[C@H]1C(=O)O. The molecular formula is C21H32N2O6P+. The molecule has 0 aliphatic carbocycles. The largest absolute Gasteiger partial charge is 0.541 e. The number of likely N-dealkylation sites (tertiary alicyclic amines) is 1. The molecule has 4 N–H and O–H groups in total. The Labute approximate surface area is 178 Å². The number of aryl methyl sites for hydroxylation is 1. The summed E-state index contributed by atoms with van der Waals surface area (Å²) in [6, 6.07) is 8.91. The van der Waals surface area contributed by atoms with Crippen LogP contribution in [-0.4, -0.2) is 58.1 Å². The fourth-order valence-corrected chi connectivity index (χ4v) is 4.58. The van der Waals surface area contributed by atoms with Gasteiger partial charge in [0.25, 0.3) is 11.8 Å². The van der Waals surface area contributed by atoms with E-state index >= 15 is 0 Å². The van der Waals surface area contributed by atoms with Crippen LogP contribution in [-0.2, 0) is 25.1 Å². The number of nitrogens with zero attached hydrogens (tertiary/aromatic N) is 1. The first-order valence-electron chi connectivity index (χ1n) is 10.5. The van der Waals surface area contributed by atoms with E-state index < -0.39 is 37.9 Å². The van der Waals surface area contributed by atoms with Crippen LogP contribution < -0.4 is 5.73 Å². The molecular weight excluding hydrogens is 407 g/mol. The fourth-order valence-electron chi connectivity index (χ4n) is 3.60. The van der Waals surface area contributed by atoms with E-state index in [4.69, 9.17) is 10.3 Å². The van der Waals surface area contributed by atoms with Crippen molar-refractivity contribution < 1.29 is 28.9 Å². The van der Waals surface area contributed by atoms with Crippen LogP contribution in [0.2, 0.25) is 0 Å². The van der Waals surface area contributed by atoms with Crippen molar-refractivity contribution in [3.8, 4) is 0 Å². The summed E-state index contributed by atoms with van der Waals surface area (Å²) in [5, 5.41) is 19.6. The lowest BCUT2D eigenvalue weighted by atomic mass is 10.1. The molecule has 4 atom stereocenters. The molecule has 1 heterocycles. The Kier molecular flexibility index (Phi) is 10.4. The van der Waals surface area contributed by atoms with Gasteiger partial charge in [-0.3, -0.25) is 4.79 Å². The molecule has 1 fully saturated rings. The van der Waals surface area contributed by atoms with Gasteiger partial charge in [0.1, 0.15) is 6.04 Å².